The van der Waals surface area contributed by atoms with Crippen LogP contribution in [0.4, 0.5) is 0 Å². The van der Waals surface area contributed by atoms with Gasteiger partial charge in [0.1, 0.15) is 18.2 Å². The summed E-state index contributed by atoms with van der Waals surface area (Å²) in [5, 5.41) is 9.22. The SMILES string of the molecule is Cc1ccccc1OCCn1cc(/C=C2/C(=N)N3C(=NC2=O)SN=C3S(C)(=O)=O)c2ccccc21. The van der Waals surface area contributed by atoms with E-state index >= 15 is 0 Å². The summed E-state index contributed by atoms with van der Waals surface area (Å²) in [6.45, 7) is 3.01. The highest BCUT2D eigenvalue weighted by Crippen LogP contribution is 2.31. The smallest absolute Gasteiger partial charge is 0.283 e. The number of aliphatic imine (C=N–C) groups is 1. The third-order valence-electron chi connectivity index (χ3n) is 5.63. The first-order valence-electron chi connectivity index (χ1n) is 10.7. The number of aryl methyl sites for hydroxylation is 1. The van der Waals surface area contributed by atoms with Gasteiger partial charge in [-0.1, -0.05) is 36.4 Å². The van der Waals surface area contributed by atoms with Gasteiger partial charge >= 0.3 is 0 Å². The number of carbonyl (C=O) groups is 1. The maximum atomic E-state index is 12.7. The molecule has 178 valence electrons. The summed E-state index contributed by atoms with van der Waals surface area (Å²) in [6, 6.07) is 15.5. The second-order valence-corrected chi connectivity index (χ2v) is 10.7. The van der Waals surface area contributed by atoms with E-state index in [9.17, 15) is 13.2 Å². The average Bonchev–Trinajstić information content (AvgIpc) is 3.40. The molecule has 0 aliphatic carbocycles. The Kier molecular flexibility index (Phi) is 5.81. The summed E-state index contributed by atoms with van der Waals surface area (Å²) in [6.07, 6.45) is 4.48. The first-order chi connectivity index (χ1) is 16.7. The molecule has 0 radical (unpaired) electrons. The Morgan fingerprint density at radius 1 is 1.14 bits per heavy atom. The van der Waals surface area contributed by atoms with Crippen molar-refractivity contribution in [2.75, 3.05) is 12.9 Å². The van der Waals surface area contributed by atoms with Crippen molar-refractivity contribution in [1.82, 2.24) is 9.47 Å². The topological polar surface area (TPSA) is 117 Å². The third kappa shape index (κ3) is 4.28. The number of ether oxygens (including phenoxy) is 1. The highest BCUT2D eigenvalue weighted by Gasteiger charge is 2.41. The Hall–Kier alpha value is -3.70. The summed E-state index contributed by atoms with van der Waals surface area (Å²) in [5.41, 5.74) is 2.71. The van der Waals surface area contributed by atoms with Crippen LogP contribution < -0.4 is 4.74 Å². The number of nitrogens with zero attached hydrogens (tertiary/aromatic N) is 4. The first kappa shape index (κ1) is 23.1. The van der Waals surface area contributed by atoms with E-state index in [1.165, 1.54) is 0 Å². The summed E-state index contributed by atoms with van der Waals surface area (Å²) in [7, 11) is -3.71. The molecule has 0 saturated carbocycles. The summed E-state index contributed by atoms with van der Waals surface area (Å²) in [4.78, 5) is 17.8. The van der Waals surface area contributed by atoms with Crippen molar-refractivity contribution in [3.05, 3.63) is 71.4 Å². The molecule has 0 bridgehead atoms. The van der Waals surface area contributed by atoms with Crippen LogP contribution >= 0.6 is 11.9 Å². The standard InChI is InChI=1S/C24H21N5O4S2/c1-15-7-3-6-10-20(15)33-12-11-28-14-16(17-8-4-5-9-19(17)28)13-18-21(25)29-23(26-22(18)30)34-27-24(29)35(2,31)32/h3-10,13-14,25H,11-12H2,1-2H3/b18-13-,25-21?. The maximum absolute atomic E-state index is 12.7. The molecule has 0 spiro atoms. The molecule has 1 N–H and O–H groups in total. The van der Waals surface area contributed by atoms with Gasteiger partial charge in [-0.25, -0.2) is 13.3 Å². The molecule has 0 unspecified atom stereocenters. The molecule has 3 heterocycles. The van der Waals surface area contributed by atoms with E-state index in [-0.39, 0.29) is 21.7 Å². The minimum atomic E-state index is -3.71. The largest absolute Gasteiger partial charge is 0.491 e. The number of aromatic nitrogens is 1. The molecule has 11 heteroatoms. The molecule has 0 saturated heterocycles. The van der Waals surface area contributed by atoms with Gasteiger partial charge in [-0.2, -0.15) is 9.39 Å². The monoisotopic (exact) mass is 507 g/mol. The van der Waals surface area contributed by atoms with E-state index in [4.69, 9.17) is 10.1 Å². The number of carbonyl (C=O) groups excluding carboxylic acids is 1. The van der Waals surface area contributed by atoms with Crippen LogP contribution in [-0.4, -0.2) is 52.8 Å². The predicted molar refractivity (Wildman–Crippen MR) is 138 cm³/mol. The van der Waals surface area contributed by atoms with Crippen molar-refractivity contribution < 1.29 is 17.9 Å². The minimum absolute atomic E-state index is 0.00772. The van der Waals surface area contributed by atoms with E-state index < -0.39 is 15.7 Å². The van der Waals surface area contributed by atoms with Gasteiger partial charge in [-0.15, -0.1) is 0 Å². The number of para-hydroxylation sites is 2. The number of sulfone groups is 1. The number of amidine groups is 3. The Morgan fingerprint density at radius 2 is 1.89 bits per heavy atom. The fourth-order valence-electron chi connectivity index (χ4n) is 3.94. The van der Waals surface area contributed by atoms with Crippen molar-refractivity contribution in [1.29, 1.82) is 5.41 Å². The van der Waals surface area contributed by atoms with E-state index in [1.807, 2.05) is 66.2 Å². The Bertz CT molecular complexity index is 1580. The lowest BCUT2D eigenvalue weighted by Crippen LogP contribution is -2.45. The summed E-state index contributed by atoms with van der Waals surface area (Å²) >= 11 is 0.770. The molecule has 0 fully saturated rings. The Morgan fingerprint density at radius 3 is 2.66 bits per heavy atom. The van der Waals surface area contributed by atoms with Gasteiger partial charge in [0.2, 0.25) is 20.2 Å². The van der Waals surface area contributed by atoms with Gasteiger partial charge in [0.25, 0.3) is 5.91 Å². The van der Waals surface area contributed by atoms with E-state index in [0.717, 1.165) is 45.3 Å². The van der Waals surface area contributed by atoms with Crippen molar-refractivity contribution >= 4 is 60.8 Å². The van der Waals surface area contributed by atoms with Gasteiger partial charge in [0.15, 0.2) is 0 Å². The fraction of sp³-hybridized carbons (Fsp3) is 0.167. The lowest BCUT2D eigenvalue weighted by molar-refractivity contribution is -0.114. The second-order valence-electron chi connectivity index (χ2n) is 8.09. The van der Waals surface area contributed by atoms with Crippen LogP contribution in [0.5, 0.6) is 5.75 Å². The Balaban J connectivity index is 1.47. The number of benzene rings is 2. The fourth-order valence-corrected chi connectivity index (χ4v) is 5.79. The van der Waals surface area contributed by atoms with Crippen molar-refractivity contribution in [3.8, 4) is 5.75 Å². The maximum Gasteiger partial charge on any atom is 0.283 e. The van der Waals surface area contributed by atoms with Gasteiger partial charge in [0.05, 0.1) is 24.1 Å². The average molecular weight is 508 g/mol. The van der Waals surface area contributed by atoms with Crippen LogP contribution in [0.3, 0.4) is 0 Å². The van der Waals surface area contributed by atoms with Crippen LogP contribution in [0.15, 0.2) is 69.7 Å². The van der Waals surface area contributed by atoms with Gasteiger partial charge in [-0.3, -0.25) is 10.2 Å². The molecule has 5 rings (SSSR count). The number of hydrogen-bond acceptors (Lipinski definition) is 7. The van der Waals surface area contributed by atoms with Crippen molar-refractivity contribution in [3.63, 3.8) is 0 Å². The normalized spacial score (nSPS) is 17.1. The highest BCUT2D eigenvalue weighted by molar-refractivity contribution is 8.16. The van der Waals surface area contributed by atoms with Crippen LogP contribution in [0.1, 0.15) is 11.1 Å². The quantitative estimate of drug-likeness (QED) is 0.416. The van der Waals surface area contributed by atoms with Crippen molar-refractivity contribution in [2.45, 2.75) is 13.5 Å². The number of rotatable bonds is 5. The van der Waals surface area contributed by atoms with Crippen LogP contribution in [0.25, 0.3) is 17.0 Å². The zero-order valence-corrected chi connectivity index (χ0v) is 20.6. The van der Waals surface area contributed by atoms with Gasteiger partial charge in [0, 0.05) is 28.9 Å². The third-order valence-corrected chi connectivity index (χ3v) is 7.38. The minimum Gasteiger partial charge on any atom is -0.491 e. The molecule has 35 heavy (non-hydrogen) atoms. The highest BCUT2D eigenvalue weighted by atomic mass is 32.2. The number of fused-ring (bicyclic) bond motifs is 2. The van der Waals surface area contributed by atoms with Crippen LogP contribution in [0, 0.1) is 12.3 Å². The molecule has 1 aromatic heterocycles. The Labute approximate surface area is 206 Å². The molecule has 2 aliphatic rings. The van der Waals surface area contributed by atoms with Crippen LogP contribution in [-0.2, 0) is 21.2 Å². The molecule has 1 amide bonds. The van der Waals surface area contributed by atoms with E-state index in [2.05, 4.69) is 9.39 Å². The van der Waals surface area contributed by atoms with Gasteiger partial charge < -0.3 is 9.30 Å². The van der Waals surface area contributed by atoms with E-state index in [1.54, 1.807) is 6.08 Å². The zero-order valence-electron chi connectivity index (χ0n) is 18.9. The molecule has 9 nitrogen and oxygen atoms in total. The summed E-state index contributed by atoms with van der Waals surface area (Å²) in [5.74, 6) is -0.0552. The molecule has 2 aromatic carbocycles. The molecule has 3 aromatic rings. The zero-order chi connectivity index (χ0) is 24.7. The predicted octanol–water partition coefficient (Wildman–Crippen LogP) is 3.65. The lowest BCUT2D eigenvalue weighted by atomic mass is 10.1. The number of hydrogen-bond donors (Lipinski definition) is 1. The molecule has 0 atom stereocenters. The van der Waals surface area contributed by atoms with E-state index in [0.29, 0.717) is 18.7 Å². The number of amides is 1. The molecular weight excluding hydrogens is 486 g/mol. The van der Waals surface area contributed by atoms with Crippen molar-refractivity contribution in [2.24, 2.45) is 9.39 Å². The van der Waals surface area contributed by atoms with Gasteiger partial charge in [-0.05, 0) is 30.7 Å². The molecule has 2 aliphatic heterocycles. The second kappa shape index (κ2) is 8.82. The number of nitrogens with one attached hydrogen (secondary N) is 1. The molecular formula is C24H21N5O4S2. The van der Waals surface area contributed by atoms with Crippen LogP contribution in [0.2, 0.25) is 0 Å². The summed E-state index contributed by atoms with van der Waals surface area (Å²) < 4.78 is 36.1. The lowest BCUT2D eigenvalue weighted by Gasteiger charge is -2.23. The first-order valence-corrected chi connectivity index (χ1v) is 13.4.